The molecule has 1 aromatic rings. The maximum Gasteiger partial charge on any atom is 0.230 e. The Kier molecular flexibility index (Phi) is 3.55. The van der Waals surface area contributed by atoms with Crippen molar-refractivity contribution in [2.75, 3.05) is 13.1 Å². The number of hydrogen-bond donors (Lipinski definition) is 1. The van der Waals surface area contributed by atoms with Gasteiger partial charge in [-0.1, -0.05) is 30.3 Å². The van der Waals surface area contributed by atoms with Gasteiger partial charge in [-0.25, -0.2) is 0 Å². The lowest BCUT2D eigenvalue weighted by atomic mass is 9.83. The van der Waals surface area contributed by atoms with Gasteiger partial charge in [0.25, 0.3) is 0 Å². The van der Waals surface area contributed by atoms with Crippen LogP contribution in [0.3, 0.4) is 0 Å². The first kappa shape index (κ1) is 13.6. The fourth-order valence-corrected chi connectivity index (χ4v) is 3.03. The second kappa shape index (κ2) is 5.21. The molecule has 2 aliphatic rings. The van der Waals surface area contributed by atoms with E-state index in [9.17, 15) is 4.79 Å². The van der Waals surface area contributed by atoms with Gasteiger partial charge >= 0.3 is 0 Å². The summed E-state index contributed by atoms with van der Waals surface area (Å²) in [4.78, 5) is 15.1. The predicted molar refractivity (Wildman–Crippen MR) is 80.6 cm³/mol. The van der Waals surface area contributed by atoms with Crippen molar-refractivity contribution in [3.05, 3.63) is 35.9 Å². The lowest BCUT2D eigenvalue weighted by Crippen LogP contribution is -2.46. The van der Waals surface area contributed by atoms with E-state index in [1.165, 1.54) is 12.8 Å². The standard InChI is InChI=1S/C17H24N2O/c1-17(2,13-6-4-3-5-7-13)16(20)18-14-10-11-19(12-14)15-8-9-15/h3-7,14-15H,8-12H2,1-2H3,(H,18,20). The van der Waals surface area contributed by atoms with Gasteiger partial charge in [-0.3, -0.25) is 9.69 Å². The van der Waals surface area contributed by atoms with Gasteiger partial charge in [-0.05, 0) is 38.7 Å². The number of benzene rings is 1. The van der Waals surface area contributed by atoms with Gasteiger partial charge in [0, 0.05) is 25.2 Å². The third-order valence-corrected chi connectivity index (χ3v) is 4.68. The Bertz CT molecular complexity index is 479. The van der Waals surface area contributed by atoms with Crippen molar-refractivity contribution >= 4 is 5.91 Å². The number of rotatable bonds is 4. The Balaban J connectivity index is 1.61. The lowest BCUT2D eigenvalue weighted by molar-refractivity contribution is -0.126. The number of nitrogens with one attached hydrogen (secondary N) is 1. The average Bonchev–Trinajstić information content (AvgIpc) is 3.20. The van der Waals surface area contributed by atoms with Crippen LogP contribution < -0.4 is 5.32 Å². The molecule has 20 heavy (non-hydrogen) atoms. The van der Waals surface area contributed by atoms with Gasteiger partial charge in [-0.2, -0.15) is 0 Å². The van der Waals surface area contributed by atoms with E-state index in [-0.39, 0.29) is 5.91 Å². The monoisotopic (exact) mass is 272 g/mol. The van der Waals surface area contributed by atoms with Gasteiger partial charge in [0.15, 0.2) is 0 Å². The molecule has 3 heteroatoms. The number of carbonyl (C=O) groups is 1. The Labute approximate surface area is 121 Å². The average molecular weight is 272 g/mol. The molecule has 1 saturated carbocycles. The van der Waals surface area contributed by atoms with Crippen LogP contribution in [0.2, 0.25) is 0 Å². The minimum Gasteiger partial charge on any atom is -0.351 e. The molecule has 0 bridgehead atoms. The van der Waals surface area contributed by atoms with Crippen molar-refractivity contribution in [3.8, 4) is 0 Å². The molecule has 108 valence electrons. The number of amides is 1. The van der Waals surface area contributed by atoms with E-state index in [4.69, 9.17) is 0 Å². The highest BCUT2D eigenvalue weighted by Gasteiger charge is 2.37. The summed E-state index contributed by atoms with van der Waals surface area (Å²) in [7, 11) is 0. The molecule has 3 nitrogen and oxygen atoms in total. The van der Waals surface area contributed by atoms with E-state index in [2.05, 4.69) is 10.2 Å². The lowest BCUT2D eigenvalue weighted by Gasteiger charge is -2.26. The molecule has 1 saturated heterocycles. The molecule has 1 N–H and O–H groups in total. The fourth-order valence-electron chi connectivity index (χ4n) is 3.03. The highest BCUT2D eigenvalue weighted by Crippen LogP contribution is 2.30. The highest BCUT2D eigenvalue weighted by molar-refractivity contribution is 5.87. The Hall–Kier alpha value is -1.35. The molecule has 2 fully saturated rings. The van der Waals surface area contributed by atoms with Crippen molar-refractivity contribution in [1.29, 1.82) is 0 Å². The molecule has 1 atom stereocenters. The molecule has 0 radical (unpaired) electrons. The third kappa shape index (κ3) is 2.73. The molecule has 1 heterocycles. The van der Waals surface area contributed by atoms with Crippen molar-refractivity contribution in [3.63, 3.8) is 0 Å². The summed E-state index contributed by atoms with van der Waals surface area (Å²) in [5.74, 6) is 0.145. The minimum atomic E-state index is -0.464. The van der Waals surface area contributed by atoms with Crippen LogP contribution in [-0.4, -0.2) is 36.0 Å². The third-order valence-electron chi connectivity index (χ3n) is 4.68. The molecule has 0 aromatic heterocycles. The first-order valence-electron chi connectivity index (χ1n) is 7.68. The smallest absolute Gasteiger partial charge is 0.230 e. The van der Waals surface area contributed by atoms with Crippen molar-refractivity contribution in [2.45, 2.75) is 50.6 Å². The maximum atomic E-state index is 12.6. The van der Waals surface area contributed by atoms with Crippen LogP contribution in [0.5, 0.6) is 0 Å². The fraction of sp³-hybridized carbons (Fsp3) is 0.588. The summed E-state index contributed by atoms with van der Waals surface area (Å²) in [6.45, 7) is 6.18. The van der Waals surface area contributed by atoms with Crippen molar-refractivity contribution < 1.29 is 4.79 Å². The van der Waals surface area contributed by atoms with E-state index in [1.807, 2.05) is 44.2 Å². The normalized spacial score (nSPS) is 23.8. The second-order valence-corrected chi connectivity index (χ2v) is 6.68. The number of likely N-dealkylation sites (tertiary alicyclic amines) is 1. The predicted octanol–water partition coefficient (Wildman–Crippen LogP) is 2.32. The van der Waals surface area contributed by atoms with Crippen LogP contribution in [0.4, 0.5) is 0 Å². The zero-order valence-electron chi connectivity index (χ0n) is 12.4. The number of carbonyl (C=O) groups excluding carboxylic acids is 1. The first-order valence-corrected chi connectivity index (χ1v) is 7.68. The first-order chi connectivity index (χ1) is 9.57. The van der Waals surface area contributed by atoms with E-state index in [0.29, 0.717) is 6.04 Å². The van der Waals surface area contributed by atoms with Gasteiger partial charge < -0.3 is 5.32 Å². The van der Waals surface area contributed by atoms with Gasteiger partial charge in [0.05, 0.1) is 5.41 Å². The molecule has 1 unspecified atom stereocenters. The Morgan fingerprint density at radius 2 is 1.90 bits per heavy atom. The van der Waals surface area contributed by atoms with E-state index in [0.717, 1.165) is 31.1 Å². The van der Waals surface area contributed by atoms with Crippen LogP contribution in [0, 0.1) is 0 Å². The van der Waals surface area contributed by atoms with Gasteiger partial charge in [0.2, 0.25) is 5.91 Å². The Morgan fingerprint density at radius 1 is 1.20 bits per heavy atom. The van der Waals surface area contributed by atoms with Crippen LogP contribution in [0.25, 0.3) is 0 Å². The molecule has 1 amide bonds. The molecular weight excluding hydrogens is 248 g/mol. The number of hydrogen-bond acceptors (Lipinski definition) is 2. The summed E-state index contributed by atoms with van der Waals surface area (Å²) in [6.07, 6.45) is 3.78. The summed E-state index contributed by atoms with van der Waals surface area (Å²) < 4.78 is 0. The quantitative estimate of drug-likeness (QED) is 0.912. The minimum absolute atomic E-state index is 0.145. The maximum absolute atomic E-state index is 12.6. The Morgan fingerprint density at radius 3 is 2.55 bits per heavy atom. The summed E-state index contributed by atoms with van der Waals surface area (Å²) in [6, 6.07) is 11.2. The van der Waals surface area contributed by atoms with Gasteiger partial charge in [-0.15, -0.1) is 0 Å². The topological polar surface area (TPSA) is 32.3 Å². The number of nitrogens with zero attached hydrogens (tertiary/aromatic N) is 1. The molecule has 3 rings (SSSR count). The van der Waals surface area contributed by atoms with E-state index >= 15 is 0 Å². The molecule has 0 spiro atoms. The second-order valence-electron chi connectivity index (χ2n) is 6.68. The molecule has 1 aliphatic carbocycles. The van der Waals surface area contributed by atoms with Crippen molar-refractivity contribution in [1.82, 2.24) is 10.2 Å². The SMILES string of the molecule is CC(C)(C(=O)NC1CCN(C2CC2)C1)c1ccccc1. The van der Waals surface area contributed by atoms with Crippen LogP contribution >= 0.6 is 0 Å². The molecule has 1 aliphatic heterocycles. The zero-order valence-corrected chi connectivity index (χ0v) is 12.4. The molecular formula is C17H24N2O. The van der Waals surface area contributed by atoms with E-state index < -0.39 is 5.41 Å². The summed E-state index contributed by atoms with van der Waals surface area (Å²) in [5, 5.41) is 3.25. The summed E-state index contributed by atoms with van der Waals surface area (Å²) in [5.41, 5.74) is 0.614. The van der Waals surface area contributed by atoms with Crippen molar-refractivity contribution in [2.24, 2.45) is 0 Å². The van der Waals surface area contributed by atoms with Crippen LogP contribution in [-0.2, 0) is 10.2 Å². The molecule has 1 aromatic carbocycles. The highest BCUT2D eigenvalue weighted by atomic mass is 16.2. The largest absolute Gasteiger partial charge is 0.351 e. The van der Waals surface area contributed by atoms with E-state index in [1.54, 1.807) is 0 Å². The van der Waals surface area contributed by atoms with Gasteiger partial charge in [0.1, 0.15) is 0 Å². The van der Waals surface area contributed by atoms with Crippen LogP contribution in [0.1, 0.15) is 38.7 Å². The summed E-state index contributed by atoms with van der Waals surface area (Å²) >= 11 is 0. The van der Waals surface area contributed by atoms with Crippen LogP contribution in [0.15, 0.2) is 30.3 Å². The zero-order chi connectivity index (χ0) is 14.2.